The summed E-state index contributed by atoms with van der Waals surface area (Å²) < 4.78 is 1.86. The quantitative estimate of drug-likeness (QED) is 0.179. The van der Waals surface area contributed by atoms with Gasteiger partial charge in [0.2, 0.25) is 5.91 Å². The zero-order chi connectivity index (χ0) is 30.6. The summed E-state index contributed by atoms with van der Waals surface area (Å²) >= 11 is 0. The van der Waals surface area contributed by atoms with E-state index in [1.165, 1.54) is 11.1 Å². The molecule has 44 heavy (non-hydrogen) atoms. The number of nitrogens with zero attached hydrogens (tertiary/aromatic N) is 4. The predicted molar refractivity (Wildman–Crippen MR) is 174 cm³/mol. The van der Waals surface area contributed by atoms with E-state index in [4.69, 9.17) is 0 Å². The van der Waals surface area contributed by atoms with E-state index in [1.54, 1.807) is 0 Å². The minimum atomic E-state index is -1.02. The van der Waals surface area contributed by atoms with Gasteiger partial charge in [-0.3, -0.25) is 14.8 Å². The van der Waals surface area contributed by atoms with Crippen LogP contribution in [0.25, 0.3) is 32.7 Å². The first-order chi connectivity index (χ1) is 21.4. The largest absolute Gasteiger partial charge is 0.480 e. The maximum atomic E-state index is 12.8. The number of aromatic nitrogens is 3. The molecule has 3 aromatic carbocycles. The van der Waals surface area contributed by atoms with E-state index in [2.05, 4.69) is 56.6 Å². The first-order valence-electron chi connectivity index (χ1n) is 14.9. The SMILES string of the molecule is CC(C)C[C@H](NC(=O)Cn1ccc2cc(N(Cc3ccnc4ccccc34)Cc3ccnc4ccccc34)ccc21)C(=O)O. The Bertz CT molecular complexity index is 1870. The van der Waals surface area contributed by atoms with Gasteiger partial charge in [0.25, 0.3) is 0 Å². The highest BCUT2D eigenvalue weighted by Crippen LogP contribution is 2.29. The number of anilines is 1. The second kappa shape index (κ2) is 12.6. The van der Waals surface area contributed by atoms with E-state index in [1.807, 2.05) is 85.5 Å². The normalized spacial score (nSPS) is 12.2. The number of fused-ring (bicyclic) bond motifs is 3. The lowest BCUT2D eigenvalue weighted by Crippen LogP contribution is -2.43. The minimum absolute atomic E-state index is 0.0421. The van der Waals surface area contributed by atoms with Crippen molar-refractivity contribution in [3.05, 3.63) is 115 Å². The number of amides is 1. The van der Waals surface area contributed by atoms with Gasteiger partial charge in [0.05, 0.1) is 11.0 Å². The van der Waals surface area contributed by atoms with Crippen molar-refractivity contribution in [2.45, 2.75) is 45.9 Å². The maximum Gasteiger partial charge on any atom is 0.326 e. The molecule has 0 unspecified atom stereocenters. The number of benzene rings is 3. The number of aliphatic carboxylic acids is 1. The monoisotopic (exact) mass is 585 g/mol. The topological polar surface area (TPSA) is 100 Å². The van der Waals surface area contributed by atoms with Crippen molar-refractivity contribution in [3.8, 4) is 0 Å². The van der Waals surface area contributed by atoms with Gasteiger partial charge >= 0.3 is 5.97 Å². The molecule has 3 heterocycles. The molecule has 8 heteroatoms. The molecule has 0 aliphatic heterocycles. The number of carboxylic acid groups (broad SMARTS) is 1. The number of hydrogen-bond donors (Lipinski definition) is 2. The number of hydrogen-bond acceptors (Lipinski definition) is 5. The van der Waals surface area contributed by atoms with E-state index in [0.717, 1.165) is 38.4 Å². The van der Waals surface area contributed by atoms with Crippen LogP contribution in [0.15, 0.2) is 104 Å². The van der Waals surface area contributed by atoms with Gasteiger partial charge in [-0.1, -0.05) is 50.2 Å². The van der Waals surface area contributed by atoms with E-state index in [9.17, 15) is 14.7 Å². The number of para-hydroxylation sites is 2. The predicted octanol–water partition coefficient (Wildman–Crippen LogP) is 6.56. The highest BCUT2D eigenvalue weighted by atomic mass is 16.4. The van der Waals surface area contributed by atoms with E-state index < -0.39 is 12.0 Å². The molecule has 0 bridgehead atoms. The number of carbonyl (C=O) groups is 2. The Hall–Kier alpha value is -5.24. The molecule has 0 fully saturated rings. The number of nitrogens with one attached hydrogen (secondary N) is 1. The van der Waals surface area contributed by atoms with Crippen molar-refractivity contribution in [2.75, 3.05) is 4.90 Å². The summed E-state index contributed by atoms with van der Waals surface area (Å²) in [7, 11) is 0. The number of pyridine rings is 2. The molecule has 1 amide bonds. The summed E-state index contributed by atoms with van der Waals surface area (Å²) in [5.41, 5.74) is 6.23. The van der Waals surface area contributed by atoms with Crippen molar-refractivity contribution >= 4 is 50.3 Å². The zero-order valence-electron chi connectivity index (χ0n) is 24.9. The molecule has 0 radical (unpaired) electrons. The molecule has 3 aromatic heterocycles. The average molecular weight is 586 g/mol. The third kappa shape index (κ3) is 6.24. The third-order valence-electron chi connectivity index (χ3n) is 7.98. The second-order valence-corrected chi connectivity index (χ2v) is 11.6. The van der Waals surface area contributed by atoms with E-state index in [0.29, 0.717) is 19.5 Å². The summed E-state index contributed by atoms with van der Waals surface area (Å²) in [6.07, 6.45) is 5.99. The summed E-state index contributed by atoms with van der Waals surface area (Å²) in [6, 6.07) is 27.9. The van der Waals surface area contributed by atoms with Crippen LogP contribution in [-0.2, 0) is 29.2 Å². The van der Waals surface area contributed by atoms with Gasteiger partial charge in [0, 0.05) is 59.0 Å². The van der Waals surface area contributed by atoms with Crippen LogP contribution in [0.3, 0.4) is 0 Å². The lowest BCUT2D eigenvalue weighted by atomic mass is 10.0. The van der Waals surface area contributed by atoms with Crippen LogP contribution in [0.5, 0.6) is 0 Å². The van der Waals surface area contributed by atoms with Crippen LogP contribution in [0.2, 0.25) is 0 Å². The Morgan fingerprint density at radius 3 is 2.05 bits per heavy atom. The highest BCUT2D eigenvalue weighted by Gasteiger charge is 2.21. The number of carboxylic acids is 1. The van der Waals surface area contributed by atoms with Crippen molar-refractivity contribution in [1.82, 2.24) is 19.9 Å². The molecular weight excluding hydrogens is 550 g/mol. The fourth-order valence-electron chi connectivity index (χ4n) is 5.85. The first kappa shape index (κ1) is 28.9. The standard InChI is InChI=1S/C36H35N5O3/c1-24(2)19-33(36(43)44)39-35(42)23-40-18-15-25-20-28(11-12-34(25)40)41(21-26-13-16-37-31-9-5-3-7-29(26)31)22-27-14-17-38-32-10-6-4-8-30(27)32/h3-18,20,24,33H,19,21-23H2,1-2H3,(H,39,42)(H,43,44)/t33-/m0/s1. The smallest absolute Gasteiger partial charge is 0.326 e. The van der Waals surface area contributed by atoms with Crippen molar-refractivity contribution in [2.24, 2.45) is 5.92 Å². The fourth-order valence-corrected chi connectivity index (χ4v) is 5.85. The highest BCUT2D eigenvalue weighted by molar-refractivity contribution is 5.88. The number of carbonyl (C=O) groups excluding carboxylic acids is 1. The summed E-state index contributed by atoms with van der Waals surface area (Å²) in [4.78, 5) is 36.0. The Labute approximate surface area is 256 Å². The molecule has 6 aromatic rings. The zero-order valence-corrected chi connectivity index (χ0v) is 24.9. The fraction of sp³-hybridized carbons (Fsp3) is 0.222. The molecule has 0 saturated heterocycles. The summed E-state index contributed by atoms with van der Waals surface area (Å²) in [5, 5.41) is 15.5. The summed E-state index contributed by atoms with van der Waals surface area (Å²) in [6.45, 7) is 5.26. The molecular formula is C36H35N5O3. The van der Waals surface area contributed by atoms with Crippen LogP contribution in [0.1, 0.15) is 31.4 Å². The molecule has 1 atom stereocenters. The molecule has 8 nitrogen and oxygen atoms in total. The Morgan fingerprint density at radius 1 is 0.841 bits per heavy atom. The van der Waals surface area contributed by atoms with Crippen LogP contribution in [0.4, 0.5) is 5.69 Å². The van der Waals surface area contributed by atoms with Crippen LogP contribution < -0.4 is 10.2 Å². The van der Waals surface area contributed by atoms with Crippen molar-refractivity contribution in [3.63, 3.8) is 0 Å². The Morgan fingerprint density at radius 2 is 1.45 bits per heavy atom. The molecule has 6 rings (SSSR count). The Kier molecular flexibility index (Phi) is 8.23. The molecule has 0 saturated carbocycles. The van der Waals surface area contributed by atoms with Crippen molar-refractivity contribution < 1.29 is 14.7 Å². The van der Waals surface area contributed by atoms with Gasteiger partial charge in [-0.15, -0.1) is 0 Å². The first-order valence-corrected chi connectivity index (χ1v) is 14.9. The Balaban J connectivity index is 1.32. The van der Waals surface area contributed by atoms with Crippen LogP contribution in [-0.4, -0.2) is 37.6 Å². The van der Waals surface area contributed by atoms with Gasteiger partial charge in [0.15, 0.2) is 0 Å². The van der Waals surface area contributed by atoms with Gasteiger partial charge in [-0.05, 0) is 72.0 Å². The second-order valence-electron chi connectivity index (χ2n) is 11.6. The average Bonchev–Trinajstić information content (AvgIpc) is 3.42. The van der Waals surface area contributed by atoms with Crippen molar-refractivity contribution in [1.29, 1.82) is 0 Å². The van der Waals surface area contributed by atoms with Crippen LogP contribution >= 0.6 is 0 Å². The van der Waals surface area contributed by atoms with Gasteiger partial charge < -0.3 is 19.9 Å². The molecule has 2 N–H and O–H groups in total. The lowest BCUT2D eigenvalue weighted by Gasteiger charge is -2.26. The summed E-state index contributed by atoms with van der Waals surface area (Å²) in [5.74, 6) is -1.19. The third-order valence-corrected chi connectivity index (χ3v) is 7.98. The molecule has 0 aliphatic carbocycles. The number of rotatable bonds is 11. The molecule has 0 aliphatic rings. The maximum absolute atomic E-state index is 12.8. The van der Waals surface area contributed by atoms with E-state index in [-0.39, 0.29) is 18.4 Å². The van der Waals surface area contributed by atoms with E-state index >= 15 is 0 Å². The lowest BCUT2D eigenvalue weighted by molar-refractivity contribution is -0.142. The molecule has 0 spiro atoms. The minimum Gasteiger partial charge on any atom is -0.480 e. The van der Waals surface area contributed by atoms with Crippen LogP contribution in [0, 0.1) is 5.92 Å². The van der Waals surface area contributed by atoms with Gasteiger partial charge in [-0.2, -0.15) is 0 Å². The van der Waals surface area contributed by atoms with Gasteiger partial charge in [-0.25, -0.2) is 4.79 Å². The molecule has 222 valence electrons. The van der Waals surface area contributed by atoms with Gasteiger partial charge in [0.1, 0.15) is 12.6 Å².